The Morgan fingerprint density at radius 3 is 2.18 bits per heavy atom. The maximum absolute atomic E-state index is 13.9. The highest BCUT2D eigenvalue weighted by molar-refractivity contribution is 8.32. The molecule has 0 atom stereocenters. The van der Waals surface area contributed by atoms with E-state index in [0.29, 0.717) is 21.1 Å². The smallest absolute Gasteiger partial charge is 0.345 e. The first kappa shape index (κ1) is 26.3. The lowest BCUT2D eigenvalue weighted by atomic mass is 9.82. The summed E-state index contributed by atoms with van der Waals surface area (Å²) in [4.78, 5) is 30.4. The molecule has 2 aliphatic heterocycles. The molecule has 5 nitrogen and oxygen atoms in total. The summed E-state index contributed by atoms with van der Waals surface area (Å²) < 4.78 is 11.6. The third-order valence-corrected chi connectivity index (χ3v) is 9.82. The molecule has 0 aromatic heterocycles. The van der Waals surface area contributed by atoms with Crippen LogP contribution in [0.15, 0.2) is 88.0 Å². The van der Waals surface area contributed by atoms with Crippen LogP contribution in [0.25, 0.3) is 10.5 Å². The molecule has 5 rings (SSSR count). The number of carbonyl (C=O) groups excluding carboxylic acids is 2. The van der Waals surface area contributed by atoms with Gasteiger partial charge in [0.15, 0.2) is 0 Å². The van der Waals surface area contributed by atoms with Gasteiger partial charge in [-0.1, -0.05) is 84.3 Å². The zero-order valence-electron chi connectivity index (χ0n) is 21.3. The number of nitrogens with zero attached hydrogens (tertiary/aromatic N) is 1. The molecular weight excluding hydrogens is 535 g/mol. The third-order valence-electron chi connectivity index (χ3n) is 6.49. The number of esters is 1. The molecule has 192 valence electrons. The second-order valence-electron chi connectivity index (χ2n) is 9.16. The highest BCUT2D eigenvalue weighted by atomic mass is 32.2. The Kier molecular flexibility index (Phi) is 7.22. The number of hydrogen-bond acceptors (Lipinski definition) is 7. The van der Waals surface area contributed by atoms with Gasteiger partial charge in [-0.25, -0.2) is 4.79 Å². The number of benzene rings is 3. The topological polar surface area (TPSA) is 55.8 Å². The fourth-order valence-corrected chi connectivity index (χ4v) is 7.71. The maximum Gasteiger partial charge on any atom is 0.345 e. The van der Waals surface area contributed by atoms with E-state index >= 15 is 0 Å². The first-order valence-electron chi connectivity index (χ1n) is 11.9. The van der Waals surface area contributed by atoms with Gasteiger partial charge < -0.3 is 9.47 Å². The summed E-state index contributed by atoms with van der Waals surface area (Å²) in [5, 5.41) is 0. The summed E-state index contributed by atoms with van der Waals surface area (Å²) in [6.07, 6.45) is 0. The van der Waals surface area contributed by atoms with E-state index in [1.807, 2.05) is 80.6 Å². The fraction of sp³-hybridized carbons (Fsp3) is 0.167. The molecule has 1 amide bonds. The van der Waals surface area contributed by atoms with Gasteiger partial charge >= 0.3 is 5.97 Å². The summed E-state index contributed by atoms with van der Waals surface area (Å²) in [6, 6.07) is 24.6. The van der Waals surface area contributed by atoms with Crippen molar-refractivity contribution in [3.63, 3.8) is 0 Å². The van der Waals surface area contributed by atoms with E-state index in [0.717, 1.165) is 31.5 Å². The van der Waals surface area contributed by atoms with Gasteiger partial charge in [-0.15, -0.1) is 0 Å². The van der Waals surface area contributed by atoms with Crippen molar-refractivity contribution >= 4 is 68.6 Å². The average molecular weight is 560 g/mol. The molecule has 0 N–H and O–H groups in total. The number of hydrogen-bond donors (Lipinski definition) is 0. The Labute approximate surface area is 235 Å². The largest absolute Gasteiger partial charge is 0.497 e. The Morgan fingerprint density at radius 1 is 0.895 bits per heavy atom. The van der Waals surface area contributed by atoms with Crippen LogP contribution in [0.4, 0.5) is 5.69 Å². The van der Waals surface area contributed by atoms with E-state index in [1.165, 1.54) is 30.6 Å². The molecule has 3 aromatic carbocycles. The fourth-order valence-electron chi connectivity index (χ4n) is 4.55. The first-order chi connectivity index (χ1) is 18.3. The normalized spacial score (nSPS) is 18.3. The van der Waals surface area contributed by atoms with E-state index in [4.69, 9.17) is 21.7 Å². The number of amides is 1. The van der Waals surface area contributed by atoms with Crippen LogP contribution in [0.2, 0.25) is 0 Å². The molecule has 0 fully saturated rings. The van der Waals surface area contributed by atoms with E-state index in [9.17, 15) is 9.59 Å². The Morgan fingerprint density at radius 2 is 1.55 bits per heavy atom. The number of ether oxygens (including phenoxy) is 2. The minimum absolute atomic E-state index is 0.140. The van der Waals surface area contributed by atoms with Crippen LogP contribution in [-0.4, -0.2) is 36.5 Å². The van der Waals surface area contributed by atoms with Crippen LogP contribution in [0.3, 0.4) is 0 Å². The molecule has 0 aliphatic carbocycles. The van der Waals surface area contributed by atoms with Crippen molar-refractivity contribution in [3.05, 3.63) is 105 Å². The van der Waals surface area contributed by atoms with Crippen molar-refractivity contribution in [3.8, 4) is 5.75 Å². The number of thiocarbonyl (C=S) groups is 1. The van der Waals surface area contributed by atoms with Gasteiger partial charge in [0.1, 0.15) is 10.7 Å². The molecule has 0 radical (unpaired) electrons. The predicted octanol–water partition coefficient (Wildman–Crippen LogP) is 7.19. The number of fused-ring (bicyclic) bond motifs is 1. The quantitative estimate of drug-likeness (QED) is 0.190. The number of thioether (sulfide) groups is 2. The van der Waals surface area contributed by atoms with Gasteiger partial charge in [-0.2, -0.15) is 0 Å². The minimum atomic E-state index is -0.825. The summed E-state index contributed by atoms with van der Waals surface area (Å²) in [6.45, 7) is 3.92. The zero-order valence-corrected chi connectivity index (χ0v) is 23.8. The first-order valence-corrected chi connectivity index (χ1v) is 13.9. The van der Waals surface area contributed by atoms with Gasteiger partial charge in [0.05, 0.1) is 34.5 Å². The van der Waals surface area contributed by atoms with Crippen LogP contribution in [-0.2, 0) is 9.53 Å². The SMILES string of the molecule is COC(=O)C1=C(c2ccccc2)S/C(=C2\C(=S)C(C)(C)N(C(=O)c3ccccc3)c3ccc(OC)cc32)S1. The number of carbonyl (C=O) groups is 2. The van der Waals surface area contributed by atoms with Crippen molar-refractivity contribution in [1.29, 1.82) is 0 Å². The van der Waals surface area contributed by atoms with Crippen molar-refractivity contribution in [2.24, 2.45) is 0 Å². The lowest BCUT2D eigenvalue weighted by Crippen LogP contribution is -2.55. The monoisotopic (exact) mass is 559 g/mol. The number of anilines is 1. The molecule has 0 bridgehead atoms. The molecule has 2 aliphatic rings. The van der Waals surface area contributed by atoms with Crippen molar-refractivity contribution < 1.29 is 19.1 Å². The second-order valence-corrected chi connectivity index (χ2v) is 11.9. The van der Waals surface area contributed by atoms with E-state index in [2.05, 4.69) is 0 Å². The van der Waals surface area contributed by atoms with Crippen molar-refractivity contribution in [2.75, 3.05) is 19.1 Å². The van der Waals surface area contributed by atoms with Crippen LogP contribution >= 0.6 is 35.7 Å². The van der Waals surface area contributed by atoms with Gasteiger partial charge in [0, 0.05) is 21.6 Å². The molecule has 38 heavy (non-hydrogen) atoms. The lowest BCUT2D eigenvalue weighted by molar-refractivity contribution is -0.135. The standard InChI is InChI=1S/C30H25NO4S3/c1-30(2)26(36)23(29-37-24(18-11-7-5-8-12-18)25(38-29)28(33)35-4)21-17-20(34-3)15-16-22(21)31(30)27(32)19-13-9-6-10-14-19/h5-17H,1-4H3/b29-23+. The van der Waals surface area contributed by atoms with Crippen molar-refractivity contribution in [1.82, 2.24) is 0 Å². The average Bonchev–Trinajstić information content (AvgIpc) is 3.38. The summed E-state index contributed by atoms with van der Waals surface area (Å²) in [5.74, 6) is 0.108. The molecular formula is C30H25NO4S3. The molecule has 3 aromatic rings. The minimum Gasteiger partial charge on any atom is -0.497 e. The maximum atomic E-state index is 13.9. The molecule has 0 saturated carbocycles. The summed E-state index contributed by atoms with van der Waals surface area (Å²) >= 11 is 8.99. The molecule has 0 spiro atoms. The van der Waals surface area contributed by atoms with Crippen LogP contribution in [0.1, 0.15) is 35.3 Å². The second kappa shape index (κ2) is 10.4. The lowest BCUT2D eigenvalue weighted by Gasteiger charge is -2.45. The van der Waals surface area contributed by atoms with E-state index in [1.54, 1.807) is 24.1 Å². The predicted molar refractivity (Wildman–Crippen MR) is 160 cm³/mol. The Bertz CT molecular complexity index is 1510. The Balaban J connectivity index is 1.71. The van der Waals surface area contributed by atoms with Gasteiger partial charge in [0.2, 0.25) is 0 Å². The Hall–Kier alpha value is -3.33. The summed E-state index contributed by atoms with van der Waals surface area (Å²) in [5.41, 5.74) is 3.01. The van der Waals surface area contributed by atoms with Crippen molar-refractivity contribution in [2.45, 2.75) is 19.4 Å². The van der Waals surface area contributed by atoms with E-state index < -0.39 is 11.5 Å². The number of rotatable bonds is 4. The highest BCUT2D eigenvalue weighted by Crippen LogP contribution is 2.58. The molecule has 0 saturated heterocycles. The van der Waals surface area contributed by atoms with Gasteiger partial charge in [-0.3, -0.25) is 9.69 Å². The molecule has 0 unspecified atom stereocenters. The van der Waals surface area contributed by atoms with Crippen LogP contribution in [0.5, 0.6) is 5.75 Å². The highest BCUT2D eigenvalue weighted by Gasteiger charge is 2.46. The van der Waals surface area contributed by atoms with E-state index in [-0.39, 0.29) is 5.91 Å². The van der Waals surface area contributed by atoms with Gasteiger partial charge in [0.25, 0.3) is 5.91 Å². The number of methoxy groups -OCH3 is 2. The zero-order chi connectivity index (χ0) is 27.0. The van der Waals surface area contributed by atoms with Crippen LogP contribution in [0, 0.1) is 0 Å². The van der Waals surface area contributed by atoms with Crippen LogP contribution < -0.4 is 9.64 Å². The molecule has 2 heterocycles. The van der Waals surface area contributed by atoms with Gasteiger partial charge in [-0.05, 0) is 49.7 Å². The summed E-state index contributed by atoms with van der Waals surface area (Å²) in [7, 11) is 2.99. The molecule has 8 heteroatoms. The third kappa shape index (κ3) is 4.46.